The Morgan fingerprint density at radius 3 is 2.50 bits per heavy atom. The maximum atomic E-state index is 12.1. The topological polar surface area (TPSA) is 38.3 Å². The lowest BCUT2D eigenvalue weighted by molar-refractivity contribution is 0.102. The molecule has 0 heterocycles. The summed E-state index contributed by atoms with van der Waals surface area (Å²) in [6.07, 6.45) is 0. The predicted octanol–water partition coefficient (Wildman–Crippen LogP) is 3.60. The van der Waals surface area contributed by atoms with Gasteiger partial charge >= 0.3 is 0 Å². The number of hydrogen-bond acceptors (Lipinski definition) is 2. The molecule has 0 aliphatic heterocycles. The highest BCUT2D eigenvalue weighted by atomic mass is 35.5. The molecule has 18 heavy (non-hydrogen) atoms. The van der Waals surface area contributed by atoms with Crippen LogP contribution in [0.15, 0.2) is 48.5 Å². The van der Waals surface area contributed by atoms with Gasteiger partial charge in [0, 0.05) is 0 Å². The first-order valence-corrected chi connectivity index (χ1v) is 5.79. The second-order valence-electron chi connectivity index (χ2n) is 3.63. The highest BCUT2D eigenvalue weighted by molar-refractivity contribution is 6.34. The van der Waals surface area contributed by atoms with Gasteiger partial charge in [-0.3, -0.25) is 4.79 Å². The van der Waals surface area contributed by atoms with E-state index in [0.29, 0.717) is 22.0 Å². The normalized spacial score (nSPS) is 9.89. The molecular formula is C14H12ClNO2. The van der Waals surface area contributed by atoms with Gasteiger partial charge in [0.05, 0.1) is 23.4 Å². The molecule has 0 radical (unpaired) electrons. The average molecular weight is 262 g/mol. The Hall–Kier alpha value is -2.00. The molecule has 1 amide bonds. The summed E-state index contributed by atoms with van der Waals surface area (Å²) in [5.74, 6) is 0.350. The van der Waals surface area contributed by atoms with Gasteiger partial charge in [0.25, 0.3) is 5.91 Å². The minimum atomic E-state index is -0.259. The molecule has 0 saturated carbocycles. The van der Waals surface area contributed by atoms with E-state index in [2.05, 4.69) is 5.32 Å². The van der Waals surface area contributed by atoms with Gasteiger partial charge in [0.2, 0.25) is 0 Å². The smallest absolute Gasteiger partial charge is 0.257 e. The lowest BCUT2D eigenvalue weighted by Gasteiger charge is -2.10. The van der Waals surface area contributed by atoms with Crippen LogP contribution in [-0.2, 0) is 0 Å². The maximum Gasteiger partial charge on any atom is 0.257 e. The summed E-state index contributed by atoms with van der Waals surface area (Å²) in [4.78, 5) is 12.1. The van der Waals surface area contributed by atoms with Crippen LogP contribution in [0.5, 0.6) is 5.75 Å². The van der Waals surface area contributed by atoms with Crippen molar-refractivity contribution in [3.05, 3.63) is 59.1 Å². The molecule has 0 saturated heterocycles. The summed E-state index contributed by atoms with van der Waals surface area (Å²) in [7, 11) is 1.56. The van der Waals surface area contributed by atoms with E-state index in [1.54, 1.807) is 43.5 Å². The Morgan fingerprint density at radius 1 is 1.11 bits per heavy atom. The van der Waals surface area contributed by atoms with Crippen molar-refractivity contribution in [3.63, 3.8) is 0 Å². The van der Waals surface area contributed by atoms with Gasteiger partial charge in [-0.15, -0.1) is 0 Å². The zero-order valence-electron chi connectivity index (χ0n) is 9.81. The van der Waals surface area contributed by atoms with E-state index in [0.717, 1.165) is 0 Å². The van der Waals surface area contributed by atoms with Crippen LogP contribution in [0.25, 0.3) is 0 Å². The molecule has 0 spiro atoms. The lowest BCUT2D eigenvalue weighted by atomic mass is 10.2. The van der Waals surface area contributed by atoms with Crippen LogP contribution in [-0.4, -0.2) is 13.0 Å². The van der Waals surface area contributed by atoms with Gasteiger partial charge in [-0.2, -0.15) is 0 Å². The van der Waals surface area contributed by atoms with Crippen molar-refractivity contribution in [3.8, 4) is 5.75 Å². The van der Waals surface area contributed by atoms with Crippen molar-refractivity contribution < 1.29 is 9.53 Å². The minimum Gasteiger partial charge on any atom is -0.495 e. The van der Waals surface area contributed by atoms with Crippen LogP contribution in [0.1, 0.15) is 10.4 Å². The number of methoxy groups -OCH3 is 1. The van der Waals surface area contributed by atoms with Crippen molar-refractivity contribution in [2.75, 3.05) is 12.4 Å². The average Bonchev–Trinajstić information content (AvgIpc) is 2.39. The highest BCUT2D eigenvalue weighted by Gasteiger charge is 2.11. The molecule has 0 unspecified atom stereocenters. The number of halogens is 1. The van der Waals surface area contributed by atoms with Gasteiger partial charge in [-0.05, 0) is 24.3 Å². The fraction of sp³-hybridized carbons (Fsp3) is 0.0714. The first-order valence-electron chi connectivity index (χ1n) is 5.41. The van der Waals surface area contributed by atoms with Gasteiger partial charge in [0.15, 0.2) is 0 Å². The quantitative estimate of drug-likeness (QED) is 0.917. The highest BCUT2D eigenvalue weighted by Crippen LogP contribution is 2.24. The molecule has 1 N–H and O–H groups in total. The fourth-order valence-electron chi connectivity index (χ4n) is 1.58. The molecule has 92 valence electrons. The standard InChI is InChI=1S/C14H12ClNO2/c1-18-13-9-5-4-8-12(13)16-14(17)10-6-2-3-7-11(10)15/h2-9H,1H3,(H,16,17). The molecule has 0 aliphatic carbocycles. The third kappa shape index (κ3) is 2.63. The number of nitrogens with one attached hydrogen (secondary N) is 1. The molecule has 0 aromatic heterocycles. The molecule has 4 heteroatoms. The van der Waals surface area contributed by atoms with Crippen LogP contribution >= 0.6 is 11.6 Å². The first-order chi connectivity index (χ1) is 8.72. The molecule has 2 aromatic rings. The molecule has 0 fully saturated rings. The van der Waals surface area contributed by atoms with Gasteiger partial charge < -0.3 is 10.1 Å². The number of anilines is 1. The number of carbonyl (C=O) groups excluding carboxylic acids is 1. The fourth-order valence-corrected chi connectivity index (χ4v) is 1.80. The van der Waals surface area contributed by atoms with Crippen LogP contribution in [0.3, 0.4) is 0 Å². The van der Waals surface area contributed by atoms with Crippen LogP contribution < -0.4 is 10.1 Å². The Morgan fingerprint density at radius 2 is 1.78 bits per heavy atom. The molecule has 2 aromatic carbocycles. The van der Waals surface area contributed by atoms with E-state index in [1.165, 1.54) is 0 Å². The Balaban J connectivity index is 2.24. The van der Waals surface area contributed by atoms with Crippen LogP contribution in [0, 0.1) is 0 Å². The van der Waals surface area contributed by atoms with E-state index in [9.17, 15) is 4.79 Å². The summed E-state index contributed by atoms with van der Waals surface area (Å²) < 4.78 is 5.16. The van der Waals surface area contributed by atoms with E-state index >= 15 is 0 Å². The number of ether oxygens (including phenoxy) is 1. The number of para-hydroxylation sites is 2. The minimum absolute atomic E-state index is 0.259. The third-order valence-electron chi connectivity index (χ3n) is 2.47. The SMILES string of the molecule is COc1ccccc1NC(=O)c1ccccc1Cl. The van der Waals surface area contributed by atoms with E-state index in [-0.39, 0.29) is 5.91 Å². The number of hydrogen-bond donors (Lipinski definition) is 1. The molecule has 0 atom stereocenters. The molecule has 0 aliphatic rings. The Labute approximate surface area is 110 Å². The second kappa shape index (κ2) is 5.56. The molecular weight excluding hydrogens is 250 g/mol. The maximum absolute atomic E-state index is 12.1. The van der Waals surface area contributed by atoms with Crippen molar-refractivity contribution in [2.45, 2.75) is 0 Å². The number of benzene rings is 2. The van der Waals surface area contributed by atoms with E-state index in [4.69, 9.17) is 16.3 Å². The monoisotopic (exact) mass is 261 g/mol. The number of rotatable bonds is 3. The molecule has 3 nitrogen and oxygen atoms in total. The molecule has 2 rings (SSSR count). The summed E-state index contributed by atoms with van der Waals surface area (Å²) >= 11 is 5.97. The van der Waals surface area contributed by atoms with Gasteiger partial charge in [-0.25, -0.2) is 0 Å². The van der Waals surface area contributed by atoms with Crippen molar-refractivity contribution in [1.29, 1.82) is 0 Å². The molecule has 0 bridgehead atoms. The van der Waals surface area contributed by atoms with E-state index in [1.807, 2.05) is 12.1 Å². The lowest BCUT2D eigenvalue weighted by Crippen LogP contribution is -2.13. The third-order valence-corrected chi connectivity index (χ3v) is 2.80. The summed E-state index contributed by atoms with van der Waals surface area (Å²) in [6.45, 7) is 0. The number of amides is 1. The predicted molar refractivity (Wildman–Crippen MR) is 72.4 cm³/mol. The van der Waals surface area contributed by atoms with Crippen molar-refractivity contribution in [1.82, 2.24) is 0 Å². The summed E-state index contributed by atoms with van der Waals surface area (Å²) in [5, 5.41) is 3.19. The zero-order chi connectivity index (χ0) is 13.0. The van der Waals surface area contributed by atoms with Crippen molar-refractivity contribution >= 4 is 23.2 Å². The zero-order valence-corrected chi connectivity index (χ0v) is 10.6. The van der Waals surface area contributed by atoms with E-state index < -0.39 is 0 Å². The largest absolute Gasteiger partial charge is 0.495 e. The Bertz CT molecular complexity index is 569. The summed E-state index contributed by atoms with van der Waals surface area (Å²) in [6, 6.07) is 14.1. The summed E-state index contributed by atoms with van der Waals surface area (Å²) in [5.41, 5.74) is 1.05. The van der Waals surface area contributed by atoms with Crippen LogP contribution in [0.4, 0.5) is 5.69 Å². The van der Waals surface area contributed by atoms with Crippen molar-refractivity contribution in [2.24, 2.45) is 0 Å². The number of carbonyl (C=O) groups is 1. The Kier molecular flexibility index (Phi) is 3.85. The second-order valence-corrected chi connectivity index (χ2v) is 4.04. The van der Waals surface area contributed by atoms with Gasteiger partial charge in [0.1, 0.15) is 5.75 Å². The first kappa shape index (κ1) is 12.5. The van der Waals surface area contributed by atoms with Crippen LogP contribution in [0.2, 0.25) is 5.02 Å². The van der Waals surface area contributed by atoms with Gasteiger partial charge in [-0.1, -0.05) is 35.9 Å².